The Morgan fingerprint density at radius 1 is 1.23 bits per heavy atom. The summed E-state index contributed by atoms with van der Waals surface area (Å²) in [4.78, 5) is 11.6. The lowest BCUT2D eigenvalue weighted by molar-refractivity contribution is -0.125. The molecule has 2 rings (SSSR count). The van der Waals surface area contributed by atoms with Crippen molar-refractivity contribution in [3.8, 4) is 0 Å². The second-order valence-corrected chi connectivity index (χ2v) is 4.05. The van der Waals surface area contributed by atoms with E-state index < -0.39 is 0 Å². The van der Waals surface area contributed by atoms with Crippen molar-refractivity contribution in [2.45, 2.75) is 38.1 Å². The van der Waals surface area contributed by atoms with E-state index in [9.17, 15) is 4.79 Å². The zero-order valence-electron chi connectivity index (χ0n) is 7.92. The van der Waals surface area contributed by atoms with E-state index in [0.29, 0.717) is 12.6 Å². The molecule has 0 aromatic heterocycles. The quantitative estimate of drug-likeness (QED) is 0.695. The van der Waals surface area contributed by atoms with Gasteiger partial charge in [0.15, 0.2) is 0 Å². The summed E-state index contributed by atoms with van der Waals surface area (Å²) >= 11 is 0. The average Bonchev–Trinajstić information content (AvgIpc) is 2.74. The summed E-state index contributed by atoms with van der Waals surface area (Å²) in [5, 5.41) is 3.10. The van der Waals surface area contributed by atoms with Gasteiger partial charge in [0, 0.05) is 12.6 Å². The molecule has 1 saturated heterocycles. The van der Waals surface area contributed by atoms with Gasteiger partial charge in [0.05, 0.1) is 12.5 Å². The van der Waals surface area contributed by atoms with E-state index in [1.54, 1.807) is 0 Å². The molecule has 1 amide bonds. The summed E-state index contributed by atoms with van der Waals surface area (Å²) in [5.74, 6) is 0.338. The van der Waals surface area contributed by atoms with Crippen LogP contribution in [0.5, 0.6) is 0 Å². The molecular weight excluding hydrogens is 166 g/mol. The number of hydrogen-bond donors (Lipinski definition) is 1. The van der Waals surface area contributed by atoms with Crippen LogP contribution < -0.4 is 5.32 Å². The zero-order chi connectivity index (χ0) is 9.10. The van der Waals surface area contributed by atoms with Gasteiger partial charge >= 0.3 is 0 Å². The van der Waals surface area contributed by atoms with Crippen LogP contribution in [0.3, 0.4) is 0 Å². The Morgan fingerprint density at radius 2 is 2.00 bits per heavy atom. The number of carbonyl (C=O) groups is 1. The van der Waals surface area contributed by atoms with Crippen LogP contribution in [0.4, 0.5) is 0 Å². The SMILES string of the molecule is O=C(NC1CCCC1)[C@@H]1CCOC1. The largest absolute Gasteiger partial charge is 0.381 e. The Labute approximate surface area is 78.8 Å². The van der Waals surface area contributed by atoms with E-state index in [1.807, 2.05) is 0 Å². The van der Waals surface area contributed by atoms with Crippen LogP contribution in [0.1, 0.15) is 32.1 Å². The minimum Gasteiger partial charge on any atom is -0.381 e. The molecule has 13 heavy (non-hydrogen) atoms. The fourth-order valence-electron chi connectivity index (χ4n) is 2.13. The Bertz CT molecular complexity index is 181. The van der Waals surface area contributed by atoms with Crippen molar-refractivity contribution >= 4 is 5.91 Å². The van der Waals surface area contributed by atoms with Crippen molar-refractivity contribution in [3.05, 3.63) is 0 Å². The number of ether oxygens (including phenoxy) is 1. The van der Waals surface area contributed by atoms with Crippen molar-refractivity contribution in [3.63, 3.8) is 0 Å². The van der Waals surface area contributed by atoms with Gasteiger partial charge in [-0.05, 0) is 19.3 Å². The smallest absolute Gasteiger partial charge is 0.225 e. The minimum atomic E-state index is 0.126. The van der Waals surface area contributed by atoms with Crippen molar-refractivity contribution in [1.82, 2.24) is 5.32 Å². The van der Waals surface area contributed by atoms with E-state index in [4.69, 9.17) is 4.74 Å². The first-order chi connectivity index (χ1) is 6.36. The molecule has 3 nitrogen and oxygen atoms in total. The summed E-state index contributed by atoms with van der Waals surface area (Å²) < 4.78 is 5.18. The average molecular weight is 183 g/mol. The van der Waals surface area contributed by atoms with Gasteiger partial charge in [-0.3, -0.25) is 4.79 Å². The number of hydrogen-bond acceptors (Lipinski definition) is 2. The molecule has 3 heteroatoms. The maximum atomic E-state index is 11.6. The predicted molar refractivity (Wildman–Crippen MR) is 49.3 cm³/mol. The van der Waals surface area contributed by atoms with Crippen molar-refractivity contribution < 1.29 is 9.53 Å². The predicted octanol–water partition coefficient (Wildman–Crippen LogP) is 1.08. The van der Waals surface area contributed by atoms with E-state index in [-0.39, 0.29) is 11.8 Å². The molecule has 2 aliphatic rings. The molecule has 1 N–H and O–H groups in total. The normalized spacial score (nSPS) is 29.4. The van der Waals surface area contributed by atoms with Gasteiger partial charge in [-0.1, -0.05) is 12.8 Å². The molecule has 1 heterocycles. The van der Waals surface area contributed by atoms with Crippen LogP contribution in [0.2, 0.25) is 0 Å². The highest BCUT2D eigenvalue weighted by Crippen LogP contribution is 2.19. The molecule has 0 bridgehead atoms. The van der Waals surface area contributed by atoms with E-state index in [1.165, 1.54) is 25.7 Å². The topological polar surface area (TPSA) is 38.3 Å². The Morgan fingerprint density at radius 3 is 2.62 bits per heavy atom. The van der Waals surface area contributed by atoms with E-state index in [0.717, 1.165) is 13.0 Å². The molecule has 0 radical (unpaired) electrons. The van der Waals surface area contributed by atoms with Crippen molar-refractivity contribution in [2.75, 3.05) is 13.2 Å². The maximum Gasteiger partial charge on any atom is 0.225 e. The summed E-state index contributed by atoms with van der Waals surface area (Å²) in [7, 11) is 0. The van der Waals surface area contributed by atoms with Gasteiger partial charge in [0.2, 0.25) is 5.91 Å². The lowest BCUT2D eigenvalue weighted by atomic mass is 10.1. The maximum absolute atomic E-state index is 11.6. The molecule has 1 aliphatic heterocycles. The lowest BCUT2D eigenvalue weighted by Gasteiger charge is -2.14. The van der Waals surface area contributed by atoms with Crippen LogP contribution in [0.25, 0.3) is 0 Å². The first-order valence-corrected chi connectivity index (χ1v) is 5.24. The number of nitrogens with one attached hydrogen (secondary N) is 1. The fourth-order valence-corrected chi connectivity index (χ4v) is 2.13. The van der Waals surface area contributed by atoms with Crippen LogP contribution in [0.15, 0.2) is 0 Å². The van der Waals surface area contributed by atoms with Gasteiger partial charge in [0.1, 0.15) is 0 Å². The molecule has 1 aliphatic carbocycles. The fraction of sp³-hybridized carbons (Fsp3) is 0.900. The summed E-state index contributed by atoms with van der Waals surface area (Å²) in [5.41, 5.74) is 0. The van der Waals surface area contributed by atoms with Gasteiger partial charge in [-0.25, -0.2) is 0 Å². The van der Waals surface area contributed by atoms with Crippen LogP contribution in [0, 0.1) is 5.92 Å². The standard InChI is InChI=1S/C10H17NO2/c12-10(8-5-6-13-7-8)11-9-3-1-2-4-9/h8-9H,1-7H2,(H,11,12)/t8-/m1/s1. The summed E-state index contributed by atoms with van der Waals surface area (Å²) in [6.45, 7) is 1.38. The molecule has 0 spiro atoms. The molecule has 1 atom stereocenters. The van der Waals surface area contributed by atoms with Gasteiger partial charge in [0.25, 0.3) is 0 Å². The molecule has 74 valence electrons. The number of amides is 1. The second-order valence-electron chi connectivity index (χ2n) is 4.05. The van der Waals surface area contributed by atoms with Gasteiger partial charge in [-0.15, -0.1) is 0 Å². The Kier molecular flexibility index (Phi) is 2.83. The monoisotopic (exact) mass is 183 g/mol. The minimum absolute atomic E-state index is 0.126. The molecule has 0 aromatic carbocycles. The molecule has 0 unspecified atom stereocenters. The van der Waals surface area contributed by atoms with Crippen LogP contribution >= 0.6 is 0 Å². The zero-order valence-corrected chi connectivity index (χ0v) is 7.92. The third kappa shape index (κ3) is 2.21. The Balaban J connectivity index is 1.76. The van der Waals surface area contributed by atoms with Crippen LogP contribution in [-0.2, 0) is 9.53 Å². The molecular formula is C10H17NO2. The van der Waals surface area contributed by atoms with Crippen molar-refractivity contribution in [1.29, 1.82) is 0 Å². The van der Waals surface area contributed by atoms with Crippen LogP contribution in [-0.4, -0.2) is 25.2 Å². The first-order valence-electron chi connectivity index (χ1n) is 5.24. The highest BCUT2D eigenvalue weighted by Gasteiger charge is 2.26. The number of carbonyl (C=O) groups excluding carboxylic acids is 1. The van der Waals surface area contributed by atoms with Crippen molar-refractivity contribution in [2.24, 2.45) is 5.92 Å². The number of rotatable bonds is 2. The van der Waals surface area contributed by atoms with Gasteiger partial charge < -0.3 is 10.1 Å². The Hall–Kier alpha value is -0.570. The third-order valence-corrected chi connectivity index (χ3v) is 3.00. The molecule has 1 saturated carbocycles. The molecule has 0 aromatic rings. The summed E-state index contributed by atoms with van der Waals surface area (Å²) in [6, 6.07) is 0.452. The summed E-state index contributed by atoms with van der Waals surface area (Å²) in [6.07, 6.45) is 5.77. The lowest BCUT2D eigenvalue weighted by Crippen LogP contribution is -2.37. The highest BCUT2D eigenvalue weighted by molar-refractivity contribution is 5.79. The molecule has 2 fully saturated rings. The second kappa shape index (κ2) is 4.09. The first kappa shape index (κ1) is 9.00. The third-order valence-electron chi connectivity index (χ3n) is 3.00. The van der Waals surface area contributed by atoms with E-state index in [2.05, 4.69) is 5.32 Å². The van der Waals surface area contributed by atoms with E-state index >= 15 is 0 Å². The van der Waals surface area contributed by atoms with Gasteiger partial charge in [-0.2, -0.15) is 0 Å². The highest BCUT2D eigenvalue weighted by atomic mass is 16.5.